The third kappa shape index (κ3) is 6.53. The van der Waals surface area contributed by atoms with Gasteiger partial charge in [0.25, 0.3) is 0 Å². The smallest absolute Gasteiger partial charge is 0.204 e. The molecule has 0 unspecified atom stereocenters. The fourth-order valence-corrected chi connectivity index (χ4v) is 3.41. The fourth-order valence-electron chi connectivity index (χ4n) is 3.01. The first kappa shape index (κ1) is 21.8. The van der Waals surface area contributed by atoms with Crippen molar-refractivity contribution in [3.8, 4) is 17.2 Å². The number of carbonyl (C=O) groups is 1. The maximum absolute atomic E-state index is 12.7. The molecule has 5 heteroatoms. The molecular formula is C20H31BrO4. The highest BCUT2D eigenvalue weighted by molar-refractivity contribution is 9.09. The van der Waals surface area contributed by atoms with Crippen LogP contribution in [0.5, 0.6) is 17.2 Å². The second-order valence-corrected chi connectivity index (χ2v) is 6.97. The van der Waals surface area contributed by atoms with Gasteiger partial charge in [-0.1, -0.05) is 48.0 Å². The Kier molecular flexibility index (Phi) is 10.6. The lowest BCUT2D eigenvalue weighted by Crippen LogP contribution is -2.07. The third-order valence-electron chi connectivity index (χ3n) is 4.34. The molecule has 0 radical (unpaired) electrons. The number of carbonyl (C=O) groups excluding carboxylic acids is 1. The number of unbranched alkanes of at least 4 members (excludes halogenated alkanes) is 6. The highest BCUT2D eigenvalue weighted by Gasteiger charge is 2.23. The van der Waals surface area contributed by atoms with E-state index in [-0.39, 0.29) is 5.78 Å². The summed E-state index contributed by atoms with van der Waals surface area (Å²) in [6, 6.07) is 1.83. The first-order valence-corrected chi connectivity index (χ1v) is 10.1. The number of ether oxygens (including phenoxy) is 3. The first-order valence-electron chi connectivity index (χ1n) is 8.99. The maximum atomic E-state index is 12.7. The van der Waals surface area contributed by atoms with Crippen molar-refractivity contribution in [2.24, 2.45) is 0 Å². The first-order chi connectivity index (χ1) is 12.1. The van der Waals surface area contributed by atoms with E-state index in [1.807, 2.05) is 13.0 Å². The predicted octanol–water partition coefficient (Wildman–Crippen LogP) is 5.72. The van der Waals surface area contributed by atoms with Crippen molar-refractivity contribution in [1.82, 2.24) is 0 Å². The minimum Gasteiger partial charge on any atom is -0.493 e. The van der Waals surface area contributed by atoms with Crippen molar-refractivity contribution in [3.63, 3.8) is 0 Å². The molecule has 1 rings (SSSR count). The van der Waals surface area contributed by atoms with Gasteiger partial charge in [-0.3, -0.25) is 4.79 Å². The van der Waals surface area contributed by atoms with Crippen molar-refractivity contribution in [3.05, 3.63) is 17.2 Å². The van der Waals surface area contributed by atoms with Crippen molar-refractivity contribution in [2.75, 3.05) is 26.7 Å². The van der Waals surface area contributed by atoms with E-state index >= 15 is 0 Å². The molecule has 1 aromatic carbocycles. The number of Topliss-reactive ketones (excluding diaryl/α,β-unsaturated/α-hetero) is 1. The van der Waals surface area contributed by atoms with Gasteiger partial charge >= 0.3 is 0 Å². The lowest BCUT2D eigenvalue weighted by Gasteiger charge is -2.17. The SMILES string of the molecule is COc1cc(C)c(C(=O)CCCCCCCCCBr)c(OC)c1OC. The van der Waals surface area contributed by atoms with E-state index in [4.69, 9.17) is 14.2 Å². The molecule has 0 heterocycles. The van der Waals surface area contributed by atoms with E-state index in [1.165, 1.54) is 32.1 Å². The van der Waals surface area contributed by atoms with Gasteiger partial charge in [0, 0.05) is 11.8 Å². The molecular weight excluding hydrogens is 384 g/mol. The molecule has 0 bridgehead atoms. The second-order valence-electron chi connectivity index (χ2n) is 6.17. The summed E-state index contributed by atoms with van der Waals surface area (Å²) in [6.07, 6.45) is 8.79. The molecule has 0 aromatic heterocycles. The number of alkyl halides is 1. The van der Waals surface area contributed by atoms with Crippen LogP contribution in [0.3, 0.4) is 0 Å². The highest BCUT2D eigenvalue weighted by Crippen LogP contribution is 2.42. The standard InChI is InChI=1S/C20H31BrO4/c1-15-14-17(23-2)19(24-3)20(25-4)18(15)16(22)12-10-8-6-5-7-9-11-13-21/h14H,5-13H2,1-4H3. The van der Waals surface area contributed by atoms with Crippen LogP contribution in [0.1, 0.15) is 67.3 Å². The Balaban J connectivity index is 2.63. The number of hydrogen-bond acceptors (Lipinski definition) is 4. The van der Waals surface area contributed by atoms with Gasteiger partial charge in [-0.25, -0.2) is 0 Å². The average Bonchev–Trinajstić information content (AvgIpc) is 2.62. The Morgan fingerprint density at radius 2 is 1.44 bits per heavy atom. The minimum atomic E-state index is 0.106. The largest absolute Gasteiger partial charge is 0.493 e. The van der Waals surface area contributed by atoms with Crippen molar-refractivity contribution in [2.45, 2.75) is 58.3 Å². The van der Waals surface area contributed by atoms with Gasteiger partial charge in [0.1, 0.15) is 0 Å². The molecule has 0 fully saturated rings. The van der Waals surface area contributed by atoms with Crippen LogP contribution in [0.2, 0.25) is 0 Å². The summed E-state index contributed by atoms with van der Waals surface area (Å²) in [5, 5.41) is 1.09. The van der Waals surface area contributed by atoms with Gasteiger partial charge in [-0.05, 0) is 31.4 Å². The number of benzene rings is 1. The van der Waals surface area contributed by atoms with Crippen LogP contribution in [-0.2, 0) is 0 Å². The molecule has 1 aromatic rings. The predicted molar refractivity (Wildman–Crippen MR) is 106 cm³/mol. The van der Waals surface area contributed by atoms with E-state index in [1.54, 1.807) is 21.3 Å². The van der Waals surface area contributed by atoms with Gasteiger partial charge in [0.2, 0.25) is 5.75 Å². The molecule has 0 spiro atoms. The molecule has 4 nitrogen and oxygen atoms in total. The summed E-state index contributed by atoms with van der Waals surface area (Å²) in [5.41, 5.74) is 1.46. The highest BCUT2D eigenvalue weighted by atomic mass is 79.9. The van der Waals surface area contributed by atoms with Gasteiger partial charge in [-0.2, -0.15) is 0 Å². The van der Waals surface area contributed by atoms with Gasteiger partial charge < -0.3 is 14.2 Å². The number of halogens is 1. The molecule has 0 atom stereocenters. The Bertz CT molecular complexity index is 543. The fraction of sp³-hybridized carbons (Fsp3) is 0.650. The number of ketones is 1. The van der Waals surface area contributed by atoms with Crippen LogP contribution in [0, 0.1) is 6.92 Å². The van der Waals surface area contributed by atoms with Crippen LogP contribution in [-0.4, -0.2) is 32.4 Å². The quantitative estimate of drug-likeness (QED) is 0.235. The number of hydrogen-bond donors (Lipinski definition) is 0. The molecule has 142 valence electrons. The van der Waals surface area contributed by atoms with E-state index in [0.717, 1.165) is 23.7 Å². The van der Waals surface area contributed by atoms with E-state index in [0.29, 0.717) is 29.2 Å². The second kappa shape index (κ2) is 12.2. The Morgan fingerprint density at radius 3 is 1.96 bits per heavy atom. The molecule has 0 aliphatic rings. The molecule has 0 aliphatic heterocycles. The summed E-state index contributed by atoms with van der Waals surface area (Å²) in [6.45, 7) is 1.90. The van der Waals surface area contributed by atoms with Crippen LogP contribution >= 0.6 is 15.9 Å². The summed E-state index contributed by atoms with van der Waals surface area (Å²) < 4.78 is 16.2. The summed E-state index contributed by atoms with van der Waals surface area (Å²) in [5.74, 6) is 1.64. The van der Waals surface area contributed by atoms with Crippen LogP contribution in [0.25, 0.3) is 0 Å². The lowest BCUT2D eigenvalue weighted by atomic mass is 9.97. The van der Waals surface area contributed by atoms with E-state index < -0.39 is 0 Å². The number of rotatable bonds is 13. The molecule has 0 aliphatic carbocycles. The topological polar surface area (TPSA) is 44.8 Å². The molecule has 0 amide bonds. The normalized spacial score (nSPS) is 10.6. The molecule has 25 heavy (non-hydrogen) atoms. The van der Waals surface area contributed by atoms with Crippen molar-refractivity contribution < 1.29 is 19.0 Å². The Morgan fingerprint density at radius 1 is 0.880 bits per heavy atom. The summed E-state index contributed by atoms with van der Waals surface area (Å²) in [7, 11) is 4.69. The van der Waals surface area contributed by atoms with E-state index in [2.05, 4.69) is 15.9 Å². The van der Waals surface area contributed by atoms with Crippen LogP contribution in [0.4, 0.5) is 0 Å². The summed E-state index contributed by atoms with van der Waals surface area (Å²) >= 11 is 3.45. The maximum Gasteiger partial charge on any atom is 0.204 e. The molecule has 0 saturated heterocycles. The molecule has 0 saturated carbocycles. The minimum absolute atomic E-state index is 0.106. The van der Waals surface area contributed by atoms with Crippen molar-refractivity contribution in [1.29, 1.82) is 0 Å². The zero-order valence-corrected chi connectivity index (χ0v) is 17.5. The van der Waals surface area contributed by atoms with Gasteiger partial charge in [-0.15, -0.1) is 0 Å². The zero-order chi connectivity index (χ0) is 18.7. The Labute approximate surface area is 160 Å². The summed E-state index contributed by atoms with van der Waals surface area (Å²) in [4.78, 5) is 12.7. The zero-order valence-electron chi connectivity index (χ0n) is 16.0. The average molecular weight is 415 g/mol. The Hall–Kier alpha value is -1.23. The van der Waals surface area contributed by atoms with E-state index in [9.17, 15) is 4.79 Å². The third-order valence-corrected chi connectivity index (χ3v) is 4.90. The van der Waals surface area contributed by atoms with Crippen LogP contribution in [0.15, 0.2) is 6.07 Å². The van der Waals surface area contributed by atoms with Crippen molar-refractivity contribution >= 4 is 21.7 Å². The number of aryl methyl sites for hydroxylation is 1. The molecule has 0 N–H and O–H groups in total. The monoisotopic (exact) mass is 414 g/mol. The van der Waals surface area contributed by atoms with Gasteiger partial charge in [0.05, 0.1) is 26.9 Å². The van der Waals surface area contributed by atoms with Crippen LogP contribution < -0.4 is 14.2 Å². The van der Waals surface area contributed by atoms with Gasteiger partial charge in [0.15, 0.2) is 17.3 Å². The lowest BCUT2D eigenvalue weighted by molar-refractivity contribution is 0.0974. The number of methoxy groups -OCH3 is 3.